The molecule has 2 heteroatoms. The van der Waals surface area contributed by atoms with E-state index >= 15 is 0 Å². The molecule has 0 radical (unpaired) electrons. The molecule has 0 aliphatic carbocycles. The summed E-state index contributed by atoms with van der Waals surface area (Å²) >= 11 is 0. The van der Waals surface area contributed by atoms with Gasteiger partial charge in [-0.05, 0) is 72.8 Å². The van der Waals surface area contributed by atoms with Gasteiger partial charge in [0.15, 0.2) is 0 Å². The topological polar surface area (TPSA) is 15.3 Å². The van der Waals surface area contributed by atoms with Crippen molar-refractivity contribution in [1.82, 2.24) is 10.2 Å². The predicted octanol–water partition coefficient (Wildman–Crippen LogP) is 3.66. The van der Waals surface area contributed by atoms with Crippen molar-refractivity contribution in [3.05, 3.63) is 0 Å². The number of likely N-dealkylation sites (tertiary alicyclic amines) is 1. The molecule has 0 amide bonds. The minimum Gasteiger partial charge on any atom is -0.312 e. The second-order valence-corrected chi connectivity index (χ2v) is 7.40. The molecule has 3 unspecified atom stereocenters. The maximum Gasteiger partial charge on any atom is 0.00965 e. The smallest absolute Gasteiger partial charge is 0.00965 e. The molecule has 1 aliphatic heterocycles. The van der Waals surface area contributed by atoms with Crippen molar-refractivity contribution in [2.45, 2.75) is 84.8 Å². The second-order valence-electron chi connectivity index (χ2n) is 7.40. The third kappa shape index (κ3) is 5.71. The zero-order chi connectivity index (χ0) is 13.8. The number of rotatable bonds is 5. The summed E-state index contributed by atoms with van der Waals surface area (Å²) in [4.78, 5) is 2.73. The fourth-order valence-corrected chi connectivity index (χ4v) is 2.96. The average molecular weight is 254 g/mol. The minimum atomic E-state index is 0.260. The Morgan fingerprint density at radius 2 is 1.89 bits per heavy atom. The number of nitrogens with zero attached hydrogens (tertiary/aromatic N) is 1. The molecule has 18 heavy (non-hydrogen) atoms. The summed E-state index contributed by atoms with van der Waals surface area (Å²) in [6.45, 7) is 16.4. The van der Waals surface area contributed by atoms with Gasteiger partial charge < -0.3 is 5.32 Å². The van der Waals surface area contributed by atoms with Crippen LogP contribution in [0.4, 0.5) is 0 Å². The molecule has 0 aromatic rings. The summed E-state index contributed by atoms with van der Waals surface area (Å²) in [6.07, 6.45) is 5.40. The molecular weight excluding hydrogens is 220 g/mol. The first-order valence-corrected chi connectivity index (χ1v) is 7.80. The Hall–Kier alpha value is -0.0800. The van der Waals surface area contributed by atoms with Crippen LogP contribution in [0.3, 0.4) is 0 Å². The zero-order valence-corrected chi connectivity index (χ0v) is 13.4. The van der Waals surface area contributed by atoms with Crippen LogP contribution in [-0.4, -0.2) is 35.6 Å². The van der Waals surface area contributed by atoms with E-state index in [0.717, 1.165) is 24.5 Å². The summed E-state index contributed by atoms with van der Waals surface area (Å²) in [6, 6.07) is 1.52. The maximum absolute atomic E-state index is 3.58. The summed E-state index contributed by atoms with van der Waals surface area (Å²) in [5.74, 6) is 0.886. The monoisotopic (exact) mass is 254 g/mol. The van der Waals surface area contributed by atoms with Crippen LogP contribution in [-0.2, 0) is 0 Å². The fourth-order valence-electron chi connectivity index (χ4n) is 2.96. The van der Waals surface area contributed by atoms with E-state index in [2.05, 4.69) is 51.8 Å². The van der Waals surface area contributed by atoms with Crippen molar-refractivity contribution in [2.75, 3.05) is 13.1 Å². The van der Waals surface area contributed by atoms with Crippen molar-refractivity contribution in [2.24, 2.45) is 5.92 Å². The van der Waals surface area contributed by atoms with E-state index in [1.807, 2.05) is 0 Å². The van der Waals surface area contributed by atoms with Gasteiger partial charge in [0.2, 0.25) is 0 Å². The van der Waals surface area contributed by atoms with Crippen LogP contribution in [0.5, 0.6) is 0 Å². The summed E-state index contributed by atoms with van der Waals surface area (Å²) in [5.41, 5.74) is 0.260. The van der Waals surface area contributed by atoms with Gasteiger partial charge in [0.25, 0.3) is 0 Å². The van der Waals surface area contributed by atoms with Gasteiger partial charge in [0.05, 0.1) is 0 Å². The molecule has 108 valence electrons. The van der Waals surface area contributed by atoms with E-state index in [9.17, 15) is 0 Å². The molecular formula is C16H34N2. The SMILES string of the molecule is CC1CCC(C)N(C(C)CCCNC(C)(C)C)C1. The quantitative estimate of drug-likeness (QED) is 0.753. The first-order chi connectivity index (χ1) is 8.29. The molecule has 0 saturated carbocycles. The highest BCUT2D eigenvalue weighted by molar-refractivity contribution is 4.81. The van der Waals surface area contributed by atoms with Gasteiger partial charge in [-0.2, -0.15) is 0 Å². The third-order valence-electron chi connectivity index (χ3n) is 4.19. The third-order valence-corrected chi connectivity index (χ3v) is 4.19. The molecule has 0 aromatic heterocycles. The predicted molar refractivity (Wildman–Crippen MR) is 81.0 cm³/mol. The molecule has 0 aromatic carbocycles. The lowest BCUT2D eigenvalue weighted by atomic mass is 9.93. The van der Waals surface area contributed by atoms with Gasteiger partial charge in [-0.3, -0.25) is 4.90 Å². The van der Waals surface area contributed by atoms with Crippen LogP contribution in [0, 0.1) is 5.92 Å². The Kier molecular flexibility index (Phi) is 6.13. The molecule has 0 spiro atoms. The lowest BCUT2D eigenvalue weighted by Crippen LogP contribution is -2.46. The second kappa shape index (κ2) is 6.91. The summed E-state index contributed by atoms with van der Waals surface area (Å²) in [5, 5.41) is 3.58. The van der Waals surface area contributed by atoms with Crippen molar-refractivity contribution in [3.8, 4) is 0 Å². The van der Waals surface area contributed by atoms with E-state index in [0.29, 0.717) is 0 Å². The standard InChI is InChI=1S/C16H34N2/c1-13-9-10-15(3)18(12-13)14(2)8-7-11-17-16(4,5)6/h13-15,17H,7-12H2,1-6H3. The lowest BCUT2D eigenvalue weighted by molar-refractivity contribution is 0.0794. The van der Waals surface area contributed by atoms with Gasteiger partial charge in [-0.15, -0.1) is 0 Å². The Labute approximate surface area is 115 Å². The maximum atomic E-state index is 3.58. The van der Waals surface area contributed by atoms with Crippen molar-refractivity contribution in [1.29, 1.82) is 0 Å². The van der Waals surface area contributed by atoms with Crippen LogP contribution in [0.1, 0.15) is 67.2 Å². The lowest BCUT2D eigenvalue weighted by Gasteiger charge is -2.41. The van der Waals surface area contributed by atoms with Crippen molar-refractivity contribution >= 4 is 0 Å². The Bertz CT molecular complexity index is 232. The van der Waals surface area contributed by atoms with Crippen LogP contribution in [0.25, 0.3) is 0 Å². The zero-order valence-electron chi connectivity index (χ0n) is 13.4. The van der Waals surface area contributed by atoms with E-state index < -0.39 is 0 Å². The Morgan fingerprint density at radius 3 is 2.50 bits per heavy atom. The van der Waals surface area contributed by atoms with Crippen molar-refractivity contribution in [3.63, 3.8) is 0 Å². The van der Waals surface area contributed by atoms with Gasteiger partial charge in [0, 0.05) is 24.2 Å². The van der Waals surface area contributed by atoms with E-state index in [1.54, 1.807) is 0 Å². The number of nitrogens with one attached hydrogen (secondary N) is 1. The molecule has 0 bridgehead atoms. The largest absolute Gasteiger partial charge is 0.312 e. The number of piperidine rings is 1. The van der Waals surface area contributed by atoms with E-state index in [4.69, 9.17) is 0 Å². The van der Waals surface area contributed by atoms with Crippen LogP contribution < -0.4 is 5.32 Å². The highest BCUT2D eigenvalue weighted by atomic mass is 15.2. The number of hydrogen-bond acceptors (Lipinski definition) is 2. The fraction of sp³-hybridized carbons (Fsp3) is 1.00. The van der Waals surface area contributed by atoms with Gasteiger partial charge in [0.1, 0.15) is 0 Å². The number of hydrogen-bond donors (Lipinski definition) is 1. The molecule has 2 nitrogen and oxygen atoms in total. The van der Waals surface area contributed by atoms with E-state index in [1.165, 1.54) is 32.2 Å². The van der Waals surface area contributed by atoms with E-state index in [-0.39, 0.29) is 5.54 Å². The highest BCUT2D eigenvalue weighted by Crippen LogP contribution is 2.24. The van der Waals surface area contributed by atoms with Gasteiger partial charge in [-0.25, -0.2) is 0 Å². The van der Waals surface area contributed by atoms with Crippen LogP contribution in [0.2, 0.25) is 0 Å². The molecule has 1 saturated heterocycles. The molecule has 3 atom stereocenters. The minimum absolute atomic E-state index is 0.260. The van der Waals surface area contributed by atoms with Gasteiger partial charge >= 0.3 is 0 Å². The molecule has 1 fully saturated rings. The molecule has 1 N–H and O–H groups in total. The normalized spacial score (nSPS) is 28.3. The summed E-state index contributed by atoms with van der Waals surface area (Å²) in [7, 11) is 0. The highest BCUT2D eigenvalue weighted by Gasteiger charge is 2.26. The molecule has 1 aliphatic rings. The Balaban J connectivity index is 2.25. The molecule has 1 heterocycles. The first kappa shape index (κ1) is 16.0. The summed E-state index contributed by atoms with van der Waals surface area (Å²) < 4.78 is 0. The Morgan fingerprint density at radius 1 is 1.22 bits per heavy atom. The van der Waals surface area contributed by atoms with Gasteiger partial charge in [-0.1, -0.05) is 6.92 Å². The molecule has 1 rings (SSSR count). The van der Waals surface area contributed by atoms with Crippen LogP contribution in [0.15, 0.2) is 0 Å². The van der Waals surface area contributed by atoms with Crippen molar-refractivity contribution < 1.29 is 0 Å². The first-order valence-electron chi connectivity index (χ1n) is 7.80. The van der Waals surface area contributed by atoms with Crippen LogP contribution >= 0.6 is 0 Å². The average Bonchev–Trinajstić information content (AvgIpc) is 2.26.